The summed E-state index contributed by atoms with van der Waals surface area (Å²) in [4.78, 5) is 1.10. The quantitative estimate of drug-likeness (QED) is 0.685. The van der Waals surface area contributed by atoms with Gasteiger partial charge in [-0.3, -0.25) is 4.89 Å². The van der Waals surface area contributed by atoms with Gasteiger partial charge in [0.1, 0.15) is 4.90 Å². The molecule has 0 fully saturated rings. The lowest BCUT2D eigenvalue weighted by atomic mass is 10.1. The lowest BCUT2D eigenvalue weighted by Crippen LogP contribution is -2.81. The van der Waals surface area contributed by atoms with E-state index >= 15 is 0 Å². The Balaban J connectivity index is 2.30. The molecule has 1 heterocycles. The molecule has 6 nitrogen and oxygen atoms in total. The van der Waals surface area contributed by atoms with Crippen molar-refractivity contribution in [2.24, 2.45) is 0 Å². The molecule has 1 unspecified atom stereocenters. The van der Waals surface area contributed by atoms with Crippen molar-refractivity contribution in [3.05, 3.63) is 46.7 Å². The second-order valence-electron chi connectivity index (χ2n) is 5.05. The molecule has 0 saturated carbocycles. The first-order valence-electron chi connectivity index (χ1n) is 6.49. The average Bonchev–Trinajstić information content (AvgIpc) is 2.49. The minimum absolute atomic E-state index is 0.0230. The van der Waals surface area contributed by atoms with Crippen LogP contribution in [0.2, 0.25) is 0 Å². The first kappa shape index (κ1) is 15.2. The van der Waals surface area contributed by atoms with Crippen LogP contribution in [0.3, 0.4) is 0 Å². The fraction of sp³-hybridized carbons (Fsp3) is 0.143. The van der Waals surface area contributed by atoms with Crippen molar-refractivity contribution in [3.8, 4) is 0 Å². The molecule has 0 radical (unpaired) electrons. The summed E-state index contributed by atoms with van der Waals surface area (Å²) in [5.74, 6) is 0. The van der Waals surface area contributed by atoms with Crippen LogP contribution in [0.5, 0.6) is 0 Å². The molecule has 116 valence electrons. The number of nitrogens with two attached hydrogens (primary N) is 1. The molecule has 0 amide bonds. The summed E-state index contributed by atoms with van der Waals surface area (Å²) in [6, 6.07) is 8.72. The van der Waals surface area contributed by atoms with E-state index in [-0.39, 0.29) is 9.78 Å². The zero-order valence-corrected chi connectivity index (χ0v) is 13.5. The second-order valence-corrected chi connectivity index (χ2v) is 8.16. The Morgan fingerprint density at radius 3 is 2.55 bits per heavy atom. The highest BCUT2D eigenvalue weighted by atomic mass is 32.2. The lowest BCUT2D eigenvalue weighted by Gasteiger charge is -2.24. The van der Waals surface area contributed by atoms with Crippen molar-refractivity contribution < 1.29 is 17.5 Å². The molecule has 22 heavy (non-hydrogen) atoms. The minimum Gasteiger partial charge on any atom is -0.620 e. The van der Waals surface area contributed by atoms with E-state index < -0.39 is 20.8 Å². The second kappa shape index (κ2) is 5.17. The average molecular weight is 338 g/mol. The van der Waals surface area contributed by atoms with Crippen LogP contribution in [0.1, 0.15) is 11.1 Å². The van der Waals surface area contributed by atoms with E-state index in [1.165, 1.54) is 0 Å². The van der Waals surface area contributed by atoms with Gasteiger partial charge in [0, 0.05) is 0 Å². The van der Waals surface area contributed by atoms with Gasteiger partial charge in [-0.2, -0.15) is 8.42 Å². The third-order valence-electron chi connectivity index (χ3n) is 3.63. The molecule has 0 aliphatic carbocycles. The first-order valence-corrected chi connectivity index (χ1v) is 9.18. The molecule has 3 rings (SSSR count). The number of fused-ring (bicyclic) bond motifs is 2. The highest BCUT2D eigenvalue weighted by Crippen LogP contribution is 2.41. The van der Waals surface area contributed by atoms with Crippen LogP contribution < -0.4 is 10.2 Å². The van der Waals surface area contributed by atoms with Crippen molar-refractivity contribution >= 4 is 32.2 Å². The maximum absolute atomic E-state index is 12.7. The predicted octanol–water partition coefficient (Wildman–Crippen LogP) is 1.28. The van der Waals surface area contributed by atoms with Crippen LogP contribution in [-0.2, 0) is 20.8 Å². The zero-order valence-electron chi connectivity index (χ0n) is 11.9. The van der Waals surface area contributed by atoms with E-state index in [0.29, 0.717) is 32.3 Å². The van der Waals surface area contributed by atoms with Gasteiger partial charge in [-0.05, 0) is 43.2 Å². The van der Waals surface area contributed by atoms with E-state index in [1.54, 1.807) is 44.2 Å². The summed E-state index contributed by atoms with van der Waals surface area (Å²) in [5, 5.41) is 14.0. The van der Waals surface area contributed by atoms with Crippen molar-refractivity contribution in [2.75, 3.05) is 5.32 Å². The summed E-state index contributed by atoms with van der Waals surface area (Å²) >= 11 is 0. The number of sulfonamides is 1. The van der Waals surface area contributed by atoms with Gasteiger partial charge in [0.15, 0.2) is 0 Å². The molecule has 3 N–H and O–H groups in total. The molecule has 8 heteroatoms. The molecule has 0 spiro atoms. The number of rotatable bonds is 2. The Morgan fingerprint density at radius 2 is 1.86 bits per heavy atom. The lowest BCUT2D eigenvalue weighted by molar-refractivity contribution is -0.416. The Kier molecular flexibility index (Phi) is 3.56. The highest BCUT2D eigenvalue weighted by molar-refractivity contribution is 7.85. The molecule has 1 aliphatic heterocycles. The fourth-order valence-electron chi connectivity index (χ4n) is 2.70. The zero-order chi connectivity index (χ0) is 16.1. The van der Waals surface area contributed by atoms with Crippen LogP contribution in [0.15, 0.2) is 45.0 Å². The normalized spacial score (nSPS) is 16.6. The molecular formula is C14H14N2O4S2. The van der Waals surface area contributed by atoms with E-state index in [0.717, 1.165) is 0 Å². The van der Waals surface area contributed by atoms with Gasteiger partial charge >= 0.3 is 10.0 Å². The molecule has 2 aromatic carbocycles. The van der Waals surface area contributed by atoms with E-state index in [9.17, 15) is 17.8 Å². The maximum Gasteiger partial charge on any atom is 0.324 e. The molecular weight excluding hydrogens is 324 g/mol. The number of benzene rings is 2. The van der Waals surface area contributed by atoms with E-state index in [1.807, 2.05) is 0 Å². The summed E-state index contributed by atoms with van der Waals surface area (Å²) < 4.78 is 36.7. The van der Waals surface area contributed by atoms with Crippen LogP contribution in [0, 0.1) is 19.1 Å². The number of aryl methyl sites for hydroxylation is 1. The van der Waals surface area contributed by atoms with Crippen LogP contribution >= 0.6 is 0 Å². The monoisotopic (exact) mass is 338 g/mol. The number of hydrogen-bond donors (Lipinski definition) is 2. The molecule has 1 aliphatic rings. The first-order chi connectivity index (χ1) is 10.4. The van der Waals surface area contributed by atoms with Crippen LogP contribution in [0.4, 0.5) is 11.4 Å². The number of quaternary nitrogens is 1. The largest absolute Gasteiger partial charge is 0.620 e. The predicted molar refractivity (Wildman–Crippen MR) is 82.8 cm³/mol. The van der Waals surface area contributed by atoms with Gasteiger partial charge in [0.25, 0.3) is 0 Å². The number of primary sulfonamides is 1. The maximum atomic E-state index is 12.7. The van der Waals surface area contributed by atoms with Crippen molar-refractivity contribution in [1.82, 2.24) is 0 Å². The minimum atomic E-state index is -4.01. The number of hydrogen-bond acceptors (Lipinski definition) is 5. The van der Waals surface area contributed by atoms with Crippen LogP contribution in [0.25, 0.3) is 0 Å². The summed E-state index contributed by atoms with van der Waals surface area (Å²) in [6.45, 7) is 3.21. The fourth-order valence-corrected chi connectivity index (χ4v) is 5.26. The molecule has 0 aromatic heterocycles. The molecule has 1 atom stereocenters. The van der Waals surface area contributed by atoms with Gasteiger partial charge in [-0.1, -0.05) is 12.1 Å². The van der Waals surface area contributed by atoms with Crippen molar-refractivity contribution in [1.29, 1.82) is 0 Å². The highest BCUT2D eigenvalue weighted by Gasteiger charge is 2.29. The third-order valence-corrected chi connectivity index (χ3v) is 6.55. The Morgan fingerprint density at radius 1 is 1.18 bits per heavy atom. The van der Waals surface area contributed by atoms with Gasteiger partial charge in [0.2, 0.25) is 0 Å². The van der Waals surface area contributed by atoms with Gasteiger partial charge < -0.3 is 10.5 Å². The van der Waals surface area contributed by atoms with Crippen molar-refractivity contribution in [3.63, 3.8) is 0 Å². The number of anilines is 2. The molecule has 0 bridgehead atoms. The molecule has 2 aromatic rings. The summed E-state index contributed by atoms with van der Waals surface area (Å²) in [5.41, 5.74) is 1.99. The standard InChI is InChI=1S/C14H14N2O4S2/c1-8-7-12-13(9(2)14(8)22(19,20)16-17)15-10-5-3-4-6-11(10)21(12)18/h3-7,15H,16H2,1-2H3. The van der Waals surface area contributed by atoms with E-state index in [2.05, 4.69) is 5.32 Å². The molecule has 0 saturated heterocycles. The Bertz CT molecular complexity index is 907. The van der Waals surface area contributed by atoms with E-state index in [4.69, 9.17) is 0 Å². The van der Waals surface area contributed by atoms with Crippen LogP contribution in [-0.4, -0.2) is 12.6 Å². The Hall–Kier alpha value is -1.74. The van der Waals surface area contributed by atoms with Crippen molar-refractivity contribution in [2.45, 2.75) is 28.5 Å². The van der Waals surface area contributed by atoms with Gasteiger partial charge in [-0.25, -0.2) is 4.21 Å². The number of nitrogens with one attached hydrogen (secondary N) is 1. The number of para-hydroxylation sites is 1. The smallest absolute Gasteiger partial charge is 0.324 e. The Labute approximate surface area is 130 Å². The topological polar surface area (TPSA) is 103 Å². The van der Waals surface area contributed by atoms with Gasteiger partial charge in [0.05, 0.1) is 32.0 Å². The third kappa shape index (κ3) is 2.15. The van der Waals surface area contributed by atoms with Gasteiger partial charge in [-0.15, -0.1) is 0 Å². The summed E-state index contributed by atoms with van der Waals surface area (Å²) in [6.07, 6.45) is 0. The summed E-state index contributed by atoms with van der Waals surface area (Å²) in [7, 11) is -5.40. The SMILES string of the molecule is Cc1cc2c(c(C)c1S(=O)(=O)[NH2+][O-])Nc1ccccc1S2=O.